The van der Waals surface area contributed by atoms with Crippen molar-refractivity contribution in [3.8, 4) is 22.5 Å². The highest BCUT2D eigenvalue weighted by atomic mass is 35.5. The van der Waals surface area contributed by atoms with Crippen molar-refractivity contribution < 1.29 is 14.3 Å². The molecular formula is C31H35ClN6O4. The minimum absolute atomic E-state index is 0.00666. The molecule has 4 rings (SSSR count). The lowest BCUT2D eigenvalue weighted by atomic mass is 9.99. The molecule has 0 fully saturated rings. The molecule has 0 aliphatic carbocycles. The minimum atomic E-state index is -0.986. The lowest BCUT2D eigenvalue weighted by Crippen LogP contribution is -2.45. The maximum Gasteiger partial charge on any atom is 0.407 e. The lowest BCUT2D eigenvalue weighted by molar-refractivity contribution is -0.118. The van der Waals surface area contributed by atoms with Crippen LogP contribution in [0.4, 0.5) is 10.5 Å². The van der Waals surface area contributed by atoms with Crippen molar-refractivity contribution in [2.75, 3.05) is 11.9 Å². The summed E-state index contributed by atoms with van der Waals surface area (Å²) in [5.41, 5.74) is 3.60. The Morgan fingerprint density at radius 3 is 2.31 bits per heavy atom. The van der Waals surface area contributed by atoms with E-state index in [-0.39, 0.29) is 30.5 Å². The number of anilines is 1. The number of hydrogen-bond donors (Lipinski definition) is 2. The number of aromatic nitrogens is 4. The zero-order valence-electron chi connectivity index (χ0n) is 24.3. The summed E-state index contributed by atoms with van der Waals surface area (Å²) >= 11 is 6.57. The zero-order valence-corrected chi connectivity index (χ0v) is 25.1. The van der Waals surface area contributed by atoms with E-state index >= 15 is 0 Å². The van der Waals surface area contributed by atoms with Gasteiger partial charge in [-0.3, -0.25) is 9.59 Å². The van der Waals surface area contributed by atoms with Crippen molar-refractivity contribution >= 4 is 29.3 Å². The third kappa shape index (κ3) is 7.64. The predicted molar refractivity (Wildman–Crippen MR) is 163 cm³/mol. The van der Waals surface area contributed by atoms with Crippen LogP contribution in [0, 0.1) is 5.92 Å². The van der Waals surface area contributed by atoms with Gasteiger partial charge in [-0.2, -0.15) is 0 Å². The normalized spacial score (nSPS) is 11.9. The summed E-state index contributed by atoms with van der Waals surface area (Å²) in [6.07, 6.45) is 2.82. The Balaban J connectivity index is 1.58. The number of hydrogen-bond acceptors (Lipinski definition) is 6. The molecule has 2 heterocycles. The molecule has 0 saturated heterocycles. The molecule has 10 nitrogen and oxygen atoms in total. The van der Waals surface area contributed by atoms with Crippen LogP contribution in [0.3, 0.4) is 0 Å². The Morgan fingerprint density at radius 1 is 0.976 bits per heavy atom. The number of alkyl carbamates (subject to hydrolysis) is 1. The predicted octanol–water partition coefficient (Wildman–Crippen LogP) is 5.48. The maximum atomic E-state index is 13.5. The lowest BCUT2D eigenvalue weighted by Gasteiger charge is -2.20. The highest BCUT2D eigenvalue weighted by Gasteiger charge is 2.24. The molecule has 4 aromatic rings. The van der Waals surface area contributed by atoms with E-state index in [1.165, 1.54) is 6.07 Å². The van der Waals surface area contributed by atoms with Gasteiger partial charge in [-0.25, -0.2) is 4.79 Å². The van der Waals surface area contributed by atoms with Crippen LogP contribution in [0.1, 0.15) is 39.3 Å². The summed E-state index contributed by atoms with van der Waals surface area (Å²) in [6, 6.07) is 14.9. The van der Waals surface area contributed by atoms with E-state index in [1.807, 2.05) is 59.0 Å². The SMILES string of the molecule is CC(C)COC(=O)N[C@@H](Cc1cc(-c2ccc(=O)n(C(C)C)c2)ccc1Cl)C(=O)Nc1ccc(-c2nncn2C)cc1. The first-order valence-corrected chi connectivity index (χ1v) is 14.1. The molecule has 0 spiro atoms. The average molecular weight is 591 g/mol. The Hall–Kier alpha value is -4.44. The molecule has 0 bridgehead atoms. The second kappa shape index (κ2) is 13.5. The van der Waals surface area contributed by atoms with Crippen LogP contribution in [0.25, 0.3) is 22.5 Å². The number of rotatable bonds is 10. The largest absolute Gasteiger partial charge is 0.449 e. The Morgan fingerprint density at radius 2 is 1.67 bits per heavy atom. The summed E-state index contributed by atoms with van der Waals surface area (Å²) in [4.78, 5) is 38.4. The molecule has 0 aliphatic heterocycles. The third-order valence-corrected chi connectivity index (χ3v) is 6.94. The molecule has 2 N–H and O–H groups in total. The molecule has 220 valence electrons. The molecule has 0 aliphatic rings. The number of ether oxygens (including phenoxy) is 1. The number of nitrogens with zero attached hydrogens (tertiary/aromatic N) is 4. The van der Waals surface area contributed by atoms with E-state index in [1.54, 1.807) is 45.9 Å². The van der Waals surface area contributed by atoms with E-state index < -0.39 is 18.0 Å². The number of nitrogens with one attached hydrogen (secondary N) is 2. The third-order valence-electron chi connectivity index (χ3n) is 6.58. The standard InChI is InChI=1S/C31H35ClN6O4/c1-19(2)17-42-31(41)35-27(30(40)34-25-10-6-21(7-11-25)29-36-33-18-37(29)5)15-24-14-22(8-12-26(24)32)23-9-13-28(39)38(16-23)20(3)4/h6-14,16,18-20,27H,15,17H2,1-5H3,(H,34,40)(H,35,41)/t27-/m0/s1. The van der Waals surface area contributed by atoms with Crippen molar-refractivity contribution in [3.63, 3.8) is 0 Å². The number of carbonyl (C=O) groups excluding carboxylic acids is 2. The highest BCUT2D eigenvalue weighted by Crippen LogP contribution is 2.27. The molecule has 0 saturated carbocycles. The van der Waals surface area contributed by atoms with E-state index in [0.29, 0.717) is 22.1 Å². The van der Waals surface area contributed by atoms with Gasteiger partial charge in [0.15, 0.2) is 5.82 Å². The summed E-state index contributed by atoms with van der Waals surface area (Å²) in [7, 11) is 1.85. The number of benzene rings is 2. The molecule has 2 aromatic carbocycles. The van der Waals surface area contributed by atoms with Crippen molar-refractivity contribution in [3.05, 3.63) is 88.1 Å². The average Bonchev–Trinajstić information content (AvgIpc) is 3.38. The van der Waals surface area contributed by atoms with Gasteiger partial charge < -0.3 is 24.5 Å². The molecule has 0 unspecified atom stereocenters. The Labute approximate surface area is 249 Å². The number of amides is 2. The Bertz CT molecular complexity index is 1610. The second-order valence-electron chi connectivity index (χ2n) is 10.8. The van der Waals surface area contributed by atoms with Crippen LogP contribution in [-0.4, -0.2) is 44.0 Å². The molecule has 42 heavy (non-hydrogen) atoms. The number of aryl methyl sites for hydroxylation is 1. The first-order chi connectivity index (χ1) is 20.0. The maximum absolute atomic E-state index is 13.5. The van der Waals surface area contributed by atoms with E-state index in [9.17, 15) is 14.4 Å². The molecule has 2 amide bonds. The van der Waals surface area contributed by atoms with Gasteiger partial charge in [-0.15, -0.1) is 10.2 Å². The van der Waals surface area contributed by atoms with Crippen LogP contribution >= 0.6 is 11.6 Å². The highest BCUT2D eigenvalue weighted by molar-refractivity contribution is 6.31. The van der Waals surface area contributed by atoms with E-state index in [4.69, 9.17) is 16.3 Å². The number of carbonyl (C=O) groups is 2. The van der Waals surface area contributed by atoms with Crippen LogP contribution < -0.4 is 16.2 Å². The monoisotopic (exact) mass is 590 g/mol. The number of pyridine rings is 1. The van der Waals surface area contributed by atoms with Gasteiger partial charge in [0.1, 0.15) is 12.4 Å². The van der Waals surface area contributed by atoms with Crippen LogP contribution in [0.5, 0.6) is 0 Å². The van der Waals surface area contributed by atoms with Crippen molar-refractivity contribution in [1.29, 1.82) is 0 Å². The first-order valence-electron chi connectivity index (χ1n) is 13.7. The fourth-order valence-electron chi connectivity index (χ4n) is 4.32. The molecule has 2 aromatic heterocycles. The molecule has 1 atom stereocenters. The second-order valence-corrected chi connectivity index (χ2v) is 11.2. The summed E-state index contributed by atoms with van der Waals surface area (Å²) in [6.45, 7) is 7.95. The topological polar surface area (TPSA) is 120 Å². The van der Waals surface area contributed by atoms with Gasteiger partial charge in [-0.1, -0.05) is 31.5 Å². The van der Waals surface area contributed by atoms with Crippen LogP contribution in [0.15, 0.2) is 71.9 Å². The van der Waals surface area contributed by atoms with Gasteiger partial charge >= 0.3 is 6.09 Å². The summed E-state index contributed by atoms with van der Waals surface area (Å²) in [5, 5.41) is 14.0. The molecule has 11 heteroatoms. The van der Waals surface area contributed by atoms with Gasteiger partial charge in [0.2, 0.25) is 5.91 Å². The fourth-order valence-corrected chi connectivity index (χ4v) is 4.52. The summed E-state index contributed by atoms with van der Waals surface area (Å²) < 4.78 is 8.75. The van der Waals surface area contributed by atoms with Gasteiger partial charge in [0, 0.05) is 48.0 Å². The van der Waals surface area contributed by atoms with E-state index in [2.05, 4.69) is 20.8 Å². The van der Waals surface area contributed by atoms with Crippen LogP contribution in [-0.2, 0) is 23.0 Å². The smallest absolute Gasteiger partial charge is 0.407 e. The van der Waals surface area contributed by atoms with Gasteiger partial charge in [0.05, 0.1) is 6.61 Å². The summed E-state index contributed by atoms with van der Waals surface area (Å²) in [5.74, 6) is 0.395. The zero-order chi connectivity index (χ0) is 30.4. The van der Waals surface area contributed by atoms with Crippen molar-refractivity contribution in [2.24, 2.45) is 13.0 Å². The minimum Gasteiger partial charge on any atom is -0.449 e. The first kappa shape index (κ1) is 30.5. The van der Waals surface area contributed by atoms with Gasteiger partial charge in [0.25, 0.3) is 5.56 Å². The molecule has 0 radical (unpaired) electrons. The van der Waals surface area contributed by atoms with Crippen LogP contribution in [0.2, 0.25) is 5.02 Å². The van der Waals surface area contributed by atoms with Crippen molar-refractivity contribution in [2.45, 2.75) is 46.2 Å². The van der Waals surface area contributed by atoms with Gasteiger partial charge in [-0.05, 0) is 78.9 Å². The Kier molecular flexibility index (Phi) is 9.80. The van der Waals surface area contributed by atoms with E-state index in [0.717, 1.165) is 16.7 Å². The quantitative estimate of drug-likeness (QED) is 0.252. The fraction of sp³-hybridized carbons (Fsp3) is 0.323. The van der Waals surface area contributed by atoms with Crippen molar-refractivity contribution in [1.82, 2.24) is 24.6 Å². The molecular weight excluding hydrogens is 556 g/mol. The number of halogens is 1.